The predicted octanol–water partition coefficient (Wildman–Crippen LogP) is 2.58. The average Bonchev–Trinajstić information content (AvgIpc) is 2.33. The molecule has 94 valence electrons. The molecule has 2 rings (SSSR count). The van der Waals surface area contributed by atoms with E-state index in [9.17, 15) is 4.79 Å². The highest BCUT2D eigenvalue weighted by molar-refractivity contribution is 5.96. The summed E-state index contributed by atoms with van der Waals surface area (Å²) in [4.78, 5) is 15.6. The zero-order valence-electron chi connectivity index (χ0n) is 10.5. The standard InChI is InChI=1S/C13H14N2O3/c1-7-5-4-6-9-10(7)11(14)12(8(2)15-9)18-13(16)17-3/h4-6H,1-3H3,(H2,14,15). The molecule has 0 saturated heterocycles. The van der Waals surface area contributed by atoms with E-state index < -0.39 is 6.16 Å². The molecule has 5 heteroatoms. The quantitative estimate of drug-likeness (QED) is 0.783. The predicted molar refractivity (Wildman–Crippen MR) is 68.7 cm³/mol. The van der Waals surface area contributed by atoms with E-state index in [4.69, 9.17) is 10.5 Å². The van der Waals surface area contributed by atoms with Crippen molar-refractivity contribution in [3.63, 3.8) is 0 Å². The third-order valence-electron chi connectivity index (χ3n) is 2.73. The van der Waals surface area contributed by atoms with Crippen LogP contribution in [-0.4, -0.2) is 18.2 Å². The highest BCUT2D eigenvalue weighted by atomic mass is 16.7. The highest BCUT2D eigenvalue weighted by Gasteiger charge is 2.16. The lowest BCUT2D eigenvalue weighted by molar-refractivity contribution is 0.121. The number of ether oxygens (including phenoxy) is 2. The third-order valence-corrected chi connectivity index (χ3v) is 2.73. The second-order valence-corrected chi connectivity index (χ2v) is 3.97. The Morgan fingerprint density at radius 2 is 2.06 bits per heavy atom. The smallest absolute Gasteiger partial charge is 0.437 e. The van der Waals surface area contributed by atoms with E-state index in [0.717, 1.165) is 16.5 Å². The van der Waals surface area contributed by atoms with E-state index in [2.05, 4.69) is 9.72 Å². The minimum absolute atomic E-state index is 0.253. The first-order valence-corrected chi connectivity index (χ1v) is 5.45. The number of rotatable bonds is 1. The van der Waals surface area contributed by atoms with Crippen LogP contribution in [0.2, 0.25) is 0 Å². The molecule has 0 aliphatic heterocycles. The summed E-state index contributed by atoms with van der Waals surface area (Å²) in [5.74, 6) is 0.253. The fourth-order valence-corrected chi connectivity index (χ4v) is 1.89. The number of hydrogen-bond acceptors (Lipinski definition) is 5. The topological polar surface area (TPSA) is 74.4 Å². The van der Waals surface area contributed by atoms with E-state index >= 15 is 0 Å². The van der Waals surface area contributed by atoms with Crippen molar-refractivity contribution in [2.45, 2.75) is 13.8 Å². The van der Waals surface area contributed by atoms with E-state index in [1.165, 1.54) is 7.11 Å². The molecule has 0 spiro atoms. The number of carbonyl (C=O) groups excluding carboxylic acids is 1. The normalized spacial score (nSPS) is 10.4. The fraction of sp³-hybridized carbons (Fsp3) is 0.231. The average molecular weight is 246 g/mol. The van der Waals surface area contributed by atoms with Gasteiger partial charge in [0.2, 0.25) is 0 Å². The number of nitrogen functional groups attached to an aromatic ring is 1. The summed E-state index contributed by atoms with van der Waals surface area (Å²) in [6.45, 7) is 3.66. The maximum absolute atomic E-state index is 11.2. The Morgan fingerprint density at radius 1 is 1.33 bits per heavy atom. The number of carbonyl (C=O) groups is 1. The van der Waals surface area contributed by atoms with Gasteiger partial charge in [-0.1, -0.05) is 12.1 Å². The van der Waals surface area contributed by atoms with Crippen LogP contribution in [0.1, 0.15) is 11.3 Å². The van der Waals surface area contributed by atoms with Crippen molar-refractivity contribution in [1.29, 1.82) is 0 Å². The Bertz CT molecular complexity index is 623. The van der Waals surface area contributed by atoms with E-state index in [-0.39, 0.29) is 5.75 Å². The maximum atomic E-state index is 11.2. The number of pyridine rings is 1. The van der Waals surface area contributed by atoms with Crippen LogP contribution in [0.5, 0.6) is 5.75 Å². The minimum Gasteiger partial charge on any atom is -0.437 e. The van der Waals surface area contributed by atoms with Crippen molar-refractivity contribution in [3.8, 4) is 5.75 Å². The molecule has 1 aromatic carbocycles. The summed E-state index contributed by atoms with van der Waals surface area (Å²) in [7, 11) is 1.24. The van der Waals surface area contributed by atoms with Gasteiger partial charge in [-0.2, -0.15) is 0 Å². The molecule has 0 fully saturated rings. The van der Waals surface area contributed by atoms with Gasteiger partial charge >= 0.3 is 6.16 Å². The Labute approximate surface area is 105 Å². The molecule has 0 amide bonds. The van der Waals surface area contributed by atoms with E-state index in [0.29, 0.717) is 11.4 Å². The summed E-state index contributed by atoms with van der Waals surface area (Å²) in [6.07, 6.45) is -0.806. The molecule has 18 heavy (non-hydrogen) atoms. The molecule has 1 heterocycles. The van der Waals surface area contributed by atoms with E-state index in [1.54, 1.807) is 6.92 Å². The minimum atomic E-state index is -0.806. The van der Waals surface area contributed by atoms with Crippen LogP contribution in [-0.2, 0) is 4.74 Å². The van der Waals surface area contributed by atoms with Gasteiger partial charge in [-0.3, -0.25) is 0 Å². The van der Waals surface area contributed by atoms with Gasteiger partial charge in [0, 0.05) is 5.39 Å². The number of methoxy groups -OCH3 is 1. The second kappa shape index (κ2) is 4.52. The van der Waals surface area contributed by atoms with Crippen LogP contribution in [0.15, 0.2) is 18.2 Å². The molecule has 0 aliphatic rings. The van der Waals surface area contributed by atoms with Gasteiger partial charge in [-0.05, 0) is 25.5 Å². The molecule has 5 nitrogen and oxygen atoms in total. The summed E-state index contributed by atoms with van der Waals surface area (Å²) in [5, 5.41) is 0.794. The van der Waals surface area contributed by atoms with Gasteiger partial charge in [0.1, 0.15) is 0 Å². The monoisotopic (exact) mass is 246 g/mol. The van der Waals surface area contributed by atoms with Crippen LogP contribution in [0, 0.1) is 13.8 Å². The van der Waals surface area contributed by atoms with Crippen LogP contribution in [0.3, 0.4) is 0 Å². The number of anilines is 1. The maximum Gasteiger partial charge on any atom is 0.513 e. The SMILES string of the molecule is COC(=O)Oc1c(C)nc2cccc(C)c2c1N. The summed E-state index contributed by atoms with van der Waals surface area (Å²) in [6, 6.07) is 5.70. The number of benzene rings is 1. The lowest BCUT2D eigenvalue weighted by atomic mass is 10.1. The number of aromatic nitrogens is 1. The molecule has 0 aliphatic carbocycles. The molecule has 0 radical (unpaired) electrons. The molecular weight excluding hydrogens is 232 g/mol. The van der Waals surface area contributed by atoms with Crippen LogP contribution < -0.4 is 10.5 Å². The molecular formula is C13H14N2O3. The van der Waals surface area contributed by atoms with Crippen molar-refractivity contribution < 1.29 is 14.3 Å². The zero-order chi connectivity index (χ0) is 13.3. The lowest BCUT2D eigenvalue weighted by Crippen LogP contribution is -2.11. The van der Waals surface area contributed by atoms with Gasteiger partial charge in [-0.25, -0.2) is 9.78 Å². The second-order valence-electron chi connectivity index (χ2n) is 3.97. The first kappa shape index (κ1) is 12.2. The number of nitrogens with two attached hydrogens (primary N) is 1. The number of fused-ring (bicyclic) bond motifs is 1. The first-order chi connectivity index (χ1) is 8.54. The summed E-state index contributed by atoms with van der Waals surface area (Å²) < 4.78 is 9.50. The Hall–Kier alpha value is -2.30. The Balaban J connectivity index is 2.67. The van der Waals surface area contributed by atoms with Gasteiger partial charge < -0.3 is 15.2 Å². The largest absolute Gasteiger partial charge is 0.513 e. The number of nitrogens with zero attached hydrogens (tertiary/aromatic N) is 1. The Kier molecular flexibility index (Phi) is 3.06. The van der Waals surface area contributed by atoms with Crippen molar-refractivity contribution in [1.82, 2.24) is 4.98 Å². The highest BCUT2D eigenvalue weighted by Crippen LogP contribution is 2.34. The van der Waals surface area contributed by atoms with Crippen LogP contribution >= 0.6 is 0 Å². The summed E-state index contributed by atoms with van der Waals surface area (Å²) in [5.41, 5.74) is 8.77. The van der Waals surface area contributed by atoms with Gasteiger partial charge in [0.15, 0.2) is 5.75 Å². The molecule has 2 aromatic rings. The van der Waals surface area contributed by atoms with Gasteiger partial charge in [0.05, 0.1) is 24.0 Å². The van der Waals surface area contributed by atoms with Crippen molar-refractivity contribution in [3.05, 3.63) is 29.5 Å². The first-order valence-electron chi connectivity index (χ1n) is 5.45. The molecule has 0 unspecified atom stereocenters. The molecule has 0 saturated carbocycles. The van der Waals surface area contributed by atoms with E-state index in [1.807, 2.05) is 25.1 Å². The molecule has 2 N–H and O–H groups in total. The third kappa shape index (κ3) is 1.95. The lowest BCUT2D eigenvalue weighted by Gasteiger charge is -2.12. The van der Waals surface area contributed by atoms with Crippen molar-refractivity contribution in [2.75, 3.05) is 12.8 Å². The molecule has 1 aromatic heterocycles. The van der Waals surface area contributed by atoms with Gasteiger partial charge in [-0.15, -0.1) is 0 Å². The van der Waals surface area contributed by atoms with Crippen LogP contribution in [0.4, 0.5) is 10.5 Å². The van der Waals surface area contributed by atoms with Crippen LogP contribution in [0.25, 0.3) is 10.9 Å². The van der Waals surface area contributed by atoms with Crippen molar-refractivity contribution >= 4 is 22.7 Å². The van der Waals surface area contributed by atoms with Gasteiger partial charge in [0.25, 0.3) is 0 Å². The fourth-order valence-electron chi connectivity index (χ4n) is 1.89. The number of aryl methyl sites for hydroxylation is 2. The summed E-state index contributed by atoms with van der Waals surface area (Å²) >= 11 is 0. The van der Waals surface area contributed by atoms with Crippen molar-refractivity contribution in [2.24, 2.45) is 0 Å². The zero-order valence-corrected chi connectivity index (χ0v) is 10.5. The molecule has 0 bridgehead atoms. The molecule has 0 atom stereocenters. The Morgan fingerprint density at radius 3 is 2.72 bits per heavy atom. The number of hydrogen-bond donors (Lipinski definition) is 1.